The standard InChI is InChI=1S/C11H23N3O/c1-10(9-11(15)13-12)14-7-5-3-2-4-6-8-14/h10H,2-9,12H2,1H3,(H,13,15). The van der Waals surface area contributed by atoms with E-state index in [0.29, 0.717) is 12.5 Å². The molecule has 1 aliphatic heterocycles. The Kier molecular flexibility index (Phi) is 5.65. The van der Waals surface area contributed by atoms with Gasteiger partial charge < -0.3 is 4.90 Å². The number of nitrogens with two attached hydrogens (primary N) is 1. The maximum Gasteiger partial charge on any atom is 0.235 e. The van der Waals surface area contributed by atoms with Crippen LogP contribution in [0.15, 0.2) is 0 Å². The Morgan fingerprint density at radius 3 is 2.33 bits per heavy atom. The van der Waals surface area contributed by atoms with E-state index in [1.165, 1.54) is 32.1 Å². The van der Waals surface area contributed by atoms with Crippen LogP contribution in [-0.4, -0.2) is 29.9 Å². The van der Waals surface area contributed by atoms with Crippen molar-refractivity contribution < 1.29 is 4.79 Å². The fraction of sp³-hybridized carbons (Fsp3) is 0.909. The van der Waals surface area contributed by atoms with Crippen molar-refractivity contribution in [1.29, 1.82) is 0 Å². The summed E-state index contributed by atoms with van der Waals surface area (Å²) in [4.78, 5) is 13.6. The van der Waals surface area contributed by atoms with Gasteiger partial charge in [-0.15, -0.1) is 0 Å². The Morgan fingerprint density at radius 1 is 1.27 bits per heavy atom. The molecule has 4 heteroatoms. The lowest BCUT2D eigenvalue weighted by Gasteiger charge is -2.30. The molecule has 0 aliphatic carbocycles. The van der Waals surface area contributed by atoms with Crippen LogP contribution >= 0.6 is 0 Å². The first kappa shape index (κ1) is 12.5. The summed E-state index contributed by atoms with van der Waals surface area (Å²) in [5, 5.41) is 0. The molecule has 15 heavy (non-hydrogen) atoms. The van der Waals surface area contributed by atoms with Crippen molar-refractivity contribution in [2.24, 2.45) is 5.84 Å². The van der Waals surface area contributed by atoms with Gasteiger partial charge in [-0.25, -0.2) is 5.84 Å². The molecule has 1 fully saturated rings. The quantitative estimate of drug-likeness (QED) is 0.418. The van der Waals surface area contributed by atoms with E-state index in [1.54, 1.807) is 0 Å². The molecule has 1 saturated heterocycles. The summed E-state index contributed by atoms with van der Waals surface area (Å²) < 4.78 is 0. The van der Waals surface area contributed by atoms with E-state index in [-0.39, 0.29) is 5.91 Å². The van der Waals surface area contributed by atoms with E-state index in [9.17, 15) is 4.79 Å². The highest BCUT2D eigenvalue weighted by Gasteiger charge is 2.17. The lowest BCUT2D eigenvalue weighted by Crippen LogP contribution is -2.40. The van der Waals surface area contributed by atoms with Crippen molar-refractivity contribution in [1.82, 2.24) is 10.3 Å². The van der Waals surface area contributed by atoms with Crippen LogP contribution in [0, 0.1) is 0 Å². The summed E-state index contributed by atoms with van der Waals surface area (Å²) in [5.74, 6) is 5.02. The summed E-state index contributed by atoms with van der Waals surface area (Å²) in [6.45, 7) is 4.36. The molecule has 1 rings (SSSR count). The molecule has 0 saturated carbocycles. The number of amides is 1. The Balaban J connectivity index is 2.34. The van der Waals surface area contributed by atoms with Gasteiger partial charge in [0.15, 0.2) is 0 Å². The van der Waals surface area contributed by atoms with Gasteiger partial charge in [-0.1, -0.05) is 19.3 Å². The first-order valence-corrected chi connectivity index (χ1v) is 5.97. The number of carbonyl (C=O) groups is 1. The minimum Gasteiger partial charge on any atom is -0.300 e. The van der Waals surface area contributed by atoms with E-state index < -0.39 is 0 Å². The van der Waals surface area contributed by atoms with Gasteiger partial charge in [0, 0.05) is 12.5 Å². The minimum absolute atomic E-state index is 0.0652. The number of hydrazine groups is 1. The summed E-state index contributed by atoms with van der Waals surface area (Å²) in [6, 6.07) is 0.312. The molecule has 88 valence electrons. The van der Waals surface area contributed by atoms with Gasteiger partial charge >= 0.3 is 0 Å². The van der Waals surface area contributed by atoms with Crippen LogP contribution in [0.2, 0.25) is 0 Å². The number of nitrogens with one attached hydrogen (secondary N) is 1. The van der Waals surface area contributed by atoms with E-state index in [4.69, 9.17) is 5.84 Å². The average molecular weight is 213 g/mol. The van der Waals surface area contributed by atoms with Crippen molar-refractivity contribution in [2.75, 3.05) is 13.1 Å². The molecule has 4 nitrogen and oxygen atoms in total. The van der Waals surface area contributed by atoms with Crippen LogP contribution in [0.3, 0.4) is 0 Å². The smallest absolute Gasteiger partial charge is 0.235 e. The van der Waals surface area contributed by atoms with Gasteiger partial charge in [0.1, 0.15) is 0 Å². The van der Waals surface area contributed by atoms with Crippen molar-refractivity contribution in [3.05, 3.63) is 0 Å². The molecule has 0 aromatic rings. The number of hydrogen-bond acceptors (Lipinski definition) is 3. The third-order valence-electron chi connectivity index (χ3n) is 3.16. The highest BCUT2D eigenvalue weighted by atomic mass is 16.2. The van der Waals surface area contributed by atoms with Gasteiger partial charge in [0.05, 0.1) is 0 Å². The number of rotatable bonds is 3. The van der Waals surface area contributed by atoms with E-state index in [1.807, 2.05) is 0 Å². The third kappa shape index (κ3) is 4.62. The molecule has 1 unspecified atom stereocenters. The molecule has 0 spiro atoms. The molecule has 0 aromatic carbocycles. The molecule has 0 aromatic heterocycles. The maximum atomic E-state index is 11.2. The zero-order valence-corrected chi connectivity index (χ0v) is 9.67. The average Bonchev–Trinajstić information content (AvgIpc) is 2.16. The van der Waals surface area contributed by atoms with Gasteiger partial charge in [0.2, 0.25) is 5.91 Å². The molecule has 1 heterocycles. The minimum atomic E-state index is -0.0652. The third-order valence-corrected chi connectivity index (χ3v) is 3.16. The number of carbonyl (C=O) groups excluding carboxylic acids is 1. The monoisotopic (exact) mass is 213 g/mol. The summed E-state index contributed by atoms with van der Waals surface area (Å²) in [5.41, 5.74) is 2.20. The molecule has 1 aliphatic rings. The highest BCUT2D eigenvalue weighted by molar-refractivity contribution is 5.75. The lowest BCUT2D eigenvalue weighted by molar-refractivity contribution is -0.122. The van der Waals surface area contributed by atoms with Gasteiger partial charge in [0.25, 0.3) is 0 Å². The maximum absolute atomic E-state index is 11.2. The van der Waals surface area contributed by atoms with Crippen LogP contribution in [0.5, 0.6) is 0 Å². The van der Waals surface area contributed by atoms with Crippen LogP contribution in [-0.2, 0) is 4.79 Å². The molecule has 3 N–H and O–H groups in total. The first-order valence-electron chi connectivity index (χ1n) is 5.97. The topological polar surface area (TPSA) is 58.4 Å². The van der Waals surface area contributed by atoms with Gasteiger partial charge in [-0.05, 0) is 32.9 Å². The Morgan fingerprint density at radius 2 is 1.80 bits per heavy atom. The fourth-order valence-corrected chi connectivity index (χ4v) is 2.17. The Hall–Kier alpha value is -0.610. The second-order valence-corrected chi connectivity index (χ2v) is 4.42. The van der Waals surface area contributed by atoms with Crippen LogP contribution in [0.1, 0.15) is 45.4 Å². The predicted molar refractivity (Wildman–Crippen MR) is 61.1 cm³/mol. The molecule has 0 bridgehead atoms. The second-order valence-electron chi connectivity index (χ2n) is 4.42. The van der Waals surface area contributed by atoms with Crippen molar-refractivity contribution >= 4 is 5.91 Å². The van der Waals surface area contributed by atoms with E-state index >= 15 is 0 Å². The van der Waals surface area contributed by atoms with Gasteiger partial charge in [-0.2, -0.15) is 0 Å². The zero-order valence-electron chi connectivity index (χ0n) is 9.67. The van der Waals surface area contributed by atoms with E-state index in [0.717, 1.165) is 13.1 Å². The van der Waals surface area contributed by atoms with E-state index in [2.05, 4.69) is 17.2 Å². The second kappa shape index (κ2) is 6.80. The lowest BCUT2D eigenvalue weighted by atomic mass is 10.1. The van der Waals surface area contributed by atoms with Crippen LogP contribution in [0.25, 0.3) is 0 Å². The van der Waals surface area contributed by atoms with Crippen molar-refractivity contribution in [3.63, 3.8) is 0 Å². The largest absolute Gasteiger partial charge is 0.300 e. The van der Waals surface area contributed by atoms with Gasteiger partial charge in [-0.3, -0.25) is 10.2 Å². The van der Waals surface area contributed by atoms with Crippen LogP contribution in [0.4, 0.5) is 0 Å². The van der Waals surface area contributed by atoms with Crippen molar-refractivity contribution in [2.45, 2.75) is 51.5 Å². The number of nitrogens with zero attached hydrogens (tertiary/aromatic N) is 1. The summed E-state index contributed by atoms with van der Waals surface area (Å²) in [7, 11) is 0. The number of likely N-dealkylation sites (tertiary alicyclic amines) is 1. The molecule has 1 amide bonds. The van der Waals surface area contributed by atoms with Crippen molar-refractivity contribution in [3.8, 4) is 0 Å². The SMILES string of the molecule is CC(CC(=O)NN)N1CCCCCCC1. The Labute approximate surface area is 92.2 Å². The summed E-state index contributed by atoms with van der Waals surface area (Å²) in [6.07, 6.45) is 7.05. The predicted octanol–water partition coefficient (Wildman–Crippen LogP) is 1.02. The Bertz CT molecular complexity index is 188. The highest BCUT2D eigenvalue weighted by Crippen LogP contribution is 2.14. The number of hydrogen-bond donors (Lipinski definition) is 2. The molecule has 0 radical (unpaired) electrons. The fourth-order valence-electron chi connectivity index (χ4n) is 2.17. The summed E-state index contributed by atoms with van der Waals surface area (Å²) >= 11 is 0. The molecule has 1 atom stereocenters. The first-order chi connectivity index (χ1) is 7.24. The zero-order chi connectivity index (χ0) is 11.1. The van der Waals surface area contributed by atoms with Crippen LogP contribution < -0.4 is 11.3 Å². The molecular weight excluding hydrogens is 190 g/mol. The normalized spacial score (nSPS) is 21.5. The molecular formula is C11H23N3O.